The van der Waals surface area contributed by atoms with Gasteiger partial charge in [0.2, 0.25) is 0 Å². The second kappa shape index (κ2) is 10.7. The van der Waals surface area contributed by atoms with E-state index in [1.807, 2.05) is 48.5 Å². The second-order valence-corrected chi connectivity index (χ2v) is 17.2. The van der Waals surface area contributed by atoms with Crippen LogP contribution in [0.1, 0.15) is 15.9 Å². The van der Waals surface area contributed by atoms with Crippen molar-refractivity contribution in [2.45, 2.75) is 0 Å². The Labute approximate surface area is 232 Å². The SMILES string of the molecule is CO[Si](OC)(OC)c1ccc(-c2ccc3c(c2)C(=O)c2cc(-c4ccc([Si](OC)(OC)OC)s4)ccc2-3)s1. The number of hydrogen-bond acceptors (Lipinski definition) is 9. The van der Waals surface area contributed by atoms with Crippen LogP contribution in [0.5, 0.6) is 0 Å². The predicted molar refractivity (Wildman–Crippen MR) is 155 cm³/mol. The third-order valence-electron chi connectivity index (χ3n) is 6.82. The molecule has 0 atom stereocenters. The quantitative estimate of drug-likeness (QED) is 0.224. The highest BCUT2D eigenvalue weighted by molar-refractivity contribution is 7.27. The van der Waals surface area contributed by atoms with E-state index in [1.54, 1.807) is 65.3 Å². The second-order valence-electron chi connectivity index (χ2n) is 8.51. The number of thiophene rings is 2. The fraction of sp³-hybridized carbons (Fsp3) is 0.222. The zero-order valence-corrected chi connectivity index (χ0v) is 25.6. The highest BCUT2D eigenvalue weighted by Crippen LogP contribution is 2.41. The van der Waals surface area contributed by atoms with Crippen LogP contribution in [0.4, 0.5) is 0 Å². The Bertz CT molecular complexity index is 1360. The summed E-state index contributed by atoms with van der Waals surface area (Å²) in [6.45, 7) is 0. The maximum Gasteiger partial charge on any atom is 0.546 e. The first-order chi connectivity index (χ1) is 18.4. The fourth-order valence-corrected chi connectivity index (χ4v) is 12.3. The molecule has 1 aliphatic rings. The molecule has 0 aliphatic heterocycles. The molecule has 0 saturated carbocycles. The first-order valence-electron chi connectivity index (χ1n) is 11.7. The molecule has 0 fully saturated rings. The van der Waals surface area contributed by atoms with Crippen molar-refractivity contribution in [1.29, 1.82) is 0 Å². The van der Waals surface area contributed by atoms with Gasteiger partial charge in [-0.15, -0.1) is 22.7 Å². The summed E-state index contributed by atoms with van der Waals surface area (Å²) in [7, 11) is 3.75. The molecular formula is C27H28O7S2Si2. The van der Waals surface area contributed by atoms with Gasteiger partial charge in [0.15, 0.2) is 5.78 Å². The molecule has 0 radical (unpaired) electrons. The van der Waals surface area contributed by atoms with Crippen LogP contribution in [0.3, 0.4) is 0 Å². The lowest BCUT2D eigenvalue weighted by Gasteiger charge is -2.22. The first kappa shape index (κ1) is 27.3. The predicted octanol–water partition coefficient (Wildman–Crippen LogP) is 4.53. The van der Waals surface area contributed by atoms with Gasteiger partial charge >= 0.3 is 17.6 Å². The van der Waals surface area contributed by atoms with Gasteiger partial charge in [0, 0.05) is 63.5 Å². The molecule has 7 nitrogen and oxygen atoms in total. The average molecular weight is 585 g/mol. The third kappa shape index (κ3) is 4.29. The van der Waals surface area contributed by atoms with E-state index in [-0.39, 0.29) is 5.78 Å². The standard InChI is InChI=1S/C27H28O7S2Si2/c1-29-37(30-2,31-3)25-13-11-23(35-25)17-7-9-19-20-10-8-18(16-22(20)27(28)21(19)15-17)24-12-14-26(36-24)38(32-4,33-5)34-6/h7-16H,1-6H3. The van der Waals surface area contributed by atoms with E-state index < -0.39 is 17.6 Å². The van der Waals surface area contributed by atoms with Crippen LogP contribution >= 0.6 is 22.7 Å². The highest BCUT2D eigenvalue weighted by Gasteiger charge is 2.43. The molecule has 0 amide bonds. The Morgan fingerprint density at radius 3 is 1.21 bits per heavy atom. The van der Waals surface area contributed by atoms with E-state index in [9.17, 15) is 4.79 Å². The van der Waals surface area contributed by atoms with E-state index in [4.69, 9.17) is 26.6 Å². The minimum absolute atomic E-state index is 0.0241. The molecule has 2 aromatic heterocycles. The molecule has 38 heavy (non-hydrogen) atoms. The van der Waals surface area contributed by atoms with Gasteiger partial charge in [-0.1, -0.05) is 24.3 Å². The van der Waals surface area contributed by atoms with Crippen LogP contribution in [0.25, 0.3) is 32.0 Å². The summed E-state index contributed by atoms with van der Waals surface area (Å²) in [6.07, 6.45) is 0. The average Bonchev–Trinajstić information content (AvgIpc) is 3.71. The highest BCUT2D eigenvalue weighted by atomic mass is 32.1. The molecule has 0 spiro atoms. The minimum atomic E-state index is -2.92. The van der Waals surface area contributed by atoms with Gasteiger partial charge in [0.25, 0.3) is 0 Å². The van der Waals surface area contributed by atoms with Crippen LogP contribution in [-0.4, -0.2) is 66.1 Å². The zero-order chi connectivity index (χ0) is 27.1. The number of benzene rings is 2. The summed E-state index contributed by atoms with van der Waals surface area (Å²) in [5.41, 5.74) is 5.24. The topological polar surface area (TPSA) is 72.5 Å². The summed E-state index contributed by atoms with van der Waals surface area (Å²) in [5, 5.41) is 0. The molecule has 2 heterocycles. The van der Waals surface area contributed by atoms with Crippen molar-refractivity contribution >= 4 is 55.1 Å². The van der Waals surface area contributed by atoms with Crippen LogP contribution in [0, 0.1) is 0 Å². The summed E-state index contributed by atoms with van der Waals surface area (Å²) >= 11 is 3.11. The Morgan fingerprint density at radius 1 is 0.500 bits per heavy atom. The lowest BCUT2D eigenvalue weighted by molar-refractivity contribution is 0.104. The Kier molecular flexibility index (Phi) is 7.68. The van der Waals surface area contributed by atoms with Crippen molar-refractivity contribution in [3.63, 3.8) is 0 Å². The van der Waals surface area contributed by atoms with Crippen LogP contribution in [-0.2, 0) is 26.6 Å². The summed E-state index contributed by atoms with van der Waals surface area (Å²) in [6, 6.07) is 20.1. The smallest absolute Gasteiger partial charge is 0.373 e. The monoisotopic (exact) mass is 584 g/mol. The maximum atomic E-state index is 13.6. The van der Waals surface area contributed by atoms with E-state index in [2.05, 4.69) is 12.1 Å². The van der Waals surface area contributed by atoms with Crippen molar-refractivity contribution in [2.75, 3.05) is 42.7 Å². The lowest BCUT2D eigenvalue weighted by Crippen LogP contribution is -2.53. The molecule has 0 bridgehead atoms. The molecule has 0 saturated heterocycles. The summed E-state index contributed by atoms with van der Waals surface area (Å²) < 4.78 is 35.6. The number of hydrogen-bond donors (Lipinski definition) is 0. The third-order valence-corrected chi connectivity index (χ3v) is 15.6. The number of carbonyl (C=O) groups excluding carboxylic acids is 1. The molecular weight excluding hydrogens is 557 g/mol. The van der Waals surface area contributed by atoms with Gasteiger partial charge in [-0.25, -0.2) is 0 Å². The van der Waals surface area contributed by atoms with E-state index in [0.29, 0.717) is 11.1 Å². The molecule has 11 heteroatoms. The summed E-state index contributed by atoms with van der Waals surface area (Å²) in [4.78, 5) is 15.6. The van der Waals surface area contributed by atoms with E-state index >= 15 is 0 Å². The normalized spacial score (nSPS) is 13.2. The van der Waals surface area contributed by atoms with Crippen LogP contribution in [0.2, 0.25) is 0 Å². The maximum absolute atomic E-state index is 13.6. The Morgan fingerprint density at radius 2 is 0.868 bits per heavy atom. The molecule has 5 rings (SSSR count). The Balaban J connectivity index is 1.46. The van der Waals surface area contributed by atoms with Gasteiger partial charge in [-0.05, 0) is 58.7 Å². The van der Waals surface area contributed by atoms with Crippen molar-refractivity contribution < 1.29 is 31.4 Å². The van der Waals surface area contributed by atoms with Crippen LogP contribution in [0.15, 0.2) is 60.7 Å². The van der Waals surface area contributed by atoms with Crippen molar-refractivity contribution in [3.8, 4) is 32.0 Å². The van der Waals surface area contributed by atoms with Gasteiger partial charge in [-0.3, -0.25) is 4.79 Å². The number of ketones is 1. The molecule has 2 aromatic carbocycles. The molecule has 1 aliphatic carbocycles. The molecule has 198 valence electrons. The number of fused-ring (bicyclic) bond motifs is 3. The largest absolute Gasteiger partial charge is 0.546 e. The minimum Gasteiger partial charge on any atom is -0.373 e. The van der Waals surface area contributed by atoms with Crippen LogP contribution < -0.4 is 9.00 Å². The zero-order valence-electron chi connectivity index (χ0n) is 21.9. The van der Waals surface area contributed by atoms with Gasteiger partial charge in [-0.2, -0.15) is 0 Å². The molecule has 4 aromatic rings. The van der Waals surface area contributed by atoms with Gasteiger partial charge in [0.1, 0.15) is 0 Å². The van der Waals surface area contributed by atoms with E-state index in [1.165, 1.54) is 0 Å². The number of carbonyl (C=O) groups is 1. The Hall–Kier alpha value is -2.30. The number of rotatable bonds is 10. The summed E-state index contributed by atoms with van der Waals surface area (Å²) in [5.74, 6) is 0.0241. The van der Waals surface area contributed by atoms with Crippen molar-refractivity contribution in [3.05, 3.63) is 71.8 Å². The molecule has 0 unspecified atom stereocenters. The van der Waals surface area contributed by atoms with Crippen molar-refractivity contribution in [1.82, 2.24) is 0 Å². The lowest BCUT2D eigenvalue weighted by atomic mass is 10.0. The van der Waals surface area contributed by atoms with Crippen molar-refractivity contribution in [2.24, 2.45) is 0 Å². The van der Waals surface area contributed by atoms with Gasteiger partial charge < -0.3 is 26.6 Å². The van der Waals surface area contributed by atoms with E-state index in [0.717, 1.165) is 41.0 Å². The fourth-order valence-electron chi connectivity index (χ4n) is 4.80. The van der Waals surface area contributed by atoms with Gasteiger partial charge in [0.05, 0.1) is 9.00 Å². The first-order valence-corrected chi connectivity index (χ1v) is 16.8. The molecule has 0 N–H and O–H groups in total.